The molecule has 3 aromatic rings. The van der Waals surface area contributed by atoms with Gasteiger partial charge in [0.25, 0.3) is 0 Å². The fourth-order valence-electron chi connectivity index (χ4n) is 2.85. The topological polar surface area (TPSA) is 55.5 Å². The van der Waals surface area contributed by atoms with Gasteiger partial charge in [-0.2, -0.15) is 0 Å². The van der Waals surface area contributed by atoms with Crippen LogP contribution in [0, 0.1) is 6.92 Å². The van der Waals surface area contributed by atoms with Crippen molar-refractivity contribution >= 4 is 28.2 Å². The summed E-state index contributed by atoms with van der Waals surface area (Å²) in [6, 6.07) is 9.57. The smallest absolute Gasteiger partial charge is 0.307 e. The van der Waals surface area contributed by atoms with Gasteiger partial charge in [0.15, 0.2) is 0 Å². The van der Waals surface area contributed by atoms with Crippen molar-refractivity contribution in [2.24, 2.45) is 0 Å². The van der Waals surface area contributed by atoms with E-state index in [0.29, 0.717) is 6.54 Å². The molecule has 0 fully saturated rings. The summed E-state index contributed by atoms with van der Waals surface area (Å²) in [6.07, 6.45) is 0. The summed E-state index contributed by atoms with van der Waals surface area (Å²) in [4.78, 5) is 26.2. The van der Waals surface area contributed by atoms with Crippen LogP contribution in [0.4, 0.5) is 0 Å². The minimum Gasteiger partial charge on any atom is -0.459 e. The van der Waals surface area contributed by atoms with E-state index in [9.17, 15) is 9.59 Å². The lowest BCUT2D eigenvalue weighted by Gasteiger charge is -2.27. The predicted octanol–water partition coefficient (Wildman–Crippen LogP) is 3.57. The van der Waals surface area contributed by atoms with Crippen LogP contribution in [0.25, 0.3) is 11.0 Å². The van der Waals surface area contributed by atoms with Gasteiger partial charge in [0.2, 0.25) is 5.91 Å². The number of likely N-dealkylation sites (N-methyl/N-ethyl adjacent to an activating group) is 1. The molecule has 1 unspecified atom stereocenters. The van der Waals surface area contributed by atoms with E-state index >= 15 is 0 Å². The average Bonchev–Trinajstić information content (AvgIpc) is 3.14. The molecular formula is C18H20N2O3S. The molecule has 0 N–H and O–H groups in total. The molecule has 3 rings (SSSR count). The summed E-state index contributed by atoms with van der Waals surface area (Å²) in [5, 5.41) is 2.79. The molecule has 1 amide bonds. The molecule has 1 aromatic carbocycles. The second-order valence-corrected chi connectivity index (χ2v) is 6.59. The van der Waals surface area contributed by atoms with Crippen LogP contribution < -0.4 is 4.87 Å². The van der Waals surface area contributed by atoms with Crippen LogP contribution in [-0.4, -0.2) is 21.9 Å². The predicted molar refractivity (Wildman–Crippen MR) is 95.3 cm³/mol. The van der Waals surface area contributed by atoms with E-state index in [-0.39, 0.29) is 23.4 Å². The normalized spacial score (nSPS) is 12.5. The summed E-state index contributed by atoms with van der Waals surface area (Å²) < 4.78 is 7.40. The molecule has 0 aliphatic rings. The van der Waals surface area contributed by atoms with Gasteiger partial charge >= 0.3 is 4.87 Å². The number of benzene rings is 1. The van der Waals surface area contributed by atoms with E-state index < -0.39 is 0 Å². The average molecular weight is 344 g/mol. The highest BCUT2D eigenvalue weighted by Crippen LogP contribution is 2.27. The summed E-state index contributed by atoms with van der Waals surface area (Å²) in [5.41, 5.74) is 1.62. The number of fused-ring (bicyclic) bond motifs is 1. The van der Waals surface area contributed by atoms with Crippen LogP contribution in [0.2, 0.25) is 0 Å². The number of amides is 1. The summed E-state index contributed by atoms with van der Waals surface area (Å²) in [7, 11) is 0. The molecule has 0 saturated carbocycles. The number of hydrogen-bond donors (Lipinski definition) is 0. The van der Waals surface area contributed by atoms with Gasteiger partial charge in [0, 0.05) is 23.0 Å². The third-order valence-corrected chi connectivity index (χ3v) is 5.14. The summed E-state index contributed by atoms with van der Waals surface area (Å²) in [5.74, 6) is 0.662. The number of para-hydroxylation sites is 1. The van der Waals surface area contributed by atoms with Crippen molar-refractivity contribution in [2.75, 3.05) is 6.54 Å². The zero-order valence-corrected chi connectivity index (χ0v) is 14.8. The van der Waals surface area contributed by atoms with Gasteiger partial charge in [0.1, 0.15) is 17.9 Å². The van der Waals surface area contributed by atoms with Gasteiger partial charge < -0.3 is 9.32 Å². The Morgan fingerprint density at radius 1 is 1.38 bits per heavy atom. The van der Waals surface area contributed by atoms with Crippen molar-refractivity contribution in [2.45, 2.75) is 33.4 Å². The maximum atomic E-state index is 12.7. The highest BCUT2D eigenvalue weighted by atomic mass is 32.1. The molecule has 0 radical (unpaired) electrons. The Labute approximate surface area is 144 Å². The fraction of sp³-hybridized carbons (Fsp3) is 0.333. The minimum atomic E-state index is -0.190. The first-order chi connectivity index (χ1) is 11.5. The molecule has 2 heterocycles. The Hall–Kier alpha value is -2.34. The van der Waals surface area contributed by atoms with Gasteiger partial charge in [-0.15, -0.1) is 0 Å². The number of aromatic nitrogens is 1. The van der Waals surface area contributed by atoms with Crippen molar-refractivity contribution in [3.05, 3.63) is 56.8 Å². The summed E-state index contributed by atoms with van der Waals surface area (Å²) >= 11 is 1.12. The number of rotatable bonds is 5. The van der Waals surface area contributed by atoms with Crippen molar-refractivity contribution in [1.82, 2.24) is 9.47 Å². The highest BCUT2D eigenvalue weighted by Gasteiger charge is 2.23. The number of thiazole rings is 1. The first-order valence-electron chi connectivity index (χ1n) is 7.94. The lowest BCUT2D eigenvalue weighted by Crippen LogP contribution is -2.37. The van der Waals surface area contributed by atoms with Gasteiger partial charge in [-0.3, -0.25) is 14.2 Å². The highest BCUT2D eigenvalue weighted by molar-refractivity contribution is 7.07. The Balaban J connectivity index is 1.84. The molecule has 2 aromatic heterocycles. The molecule has 126 valence electrons. The first-order valence-corrected chi connectivity index (χ1v) is 8.82. The maximum absolute atomic E-state index is 12.7. The molecule has 0 aliphatic heterocycles. The molecule has 0 bridgehead atoms. The third kappa shape index (κ3) is 3.01. The number of nitrogens with zero attached hydrogens (tertiary/aromatic N) is 2. The Bertz CT molecular complexity index is 889. The first kappa shape index (κ1) is 16.5. The van der Waals surface area contributed by atoms with Gasteiger partial charge in [-0.25, -0.2) is 0 Å². The van der Waals surface area contributed by atoms with Crippen molar-refractivity contribution < 1.29 is 9.21 Å². The number of hydrogen-bond acceptors (Lipinski definition) is 4. The lowest BCUT2D eigenvalue weighted by atomic mass is 10.2. The van der Waals surface area contributed by atoms with Gasteiger partial charge in [-0.1, -0.05) is 29.5 Å². The van der Waals surface area contributed by atoms with Crippen LogP contribution in [-0.2, 0) is 11.3 Å². The molecule has 24 heavy (non-hydrogen) atoms. The standard InChI is InChI=1S/C18H20N2O3S/c1-4-19(17(21)10-20-12(2)11-24-18(20)22)13(3)16-9-14-7-5-6-8-15(14)23-16/h5-9,11,13H,4,10H2,1-3H3. The van der Waals surface area contributed by atoms with Crippen LogP contribution in [0.5, 0.6) is 0 Å². The molecule has 1 atom stereocenters. The van der Waals surface area contributed by atoms with E-state index in [1.54, 1.807) is 10.3 Å². The minimum absolute atomic E-state index is 0.0621. The van der Waals surface area contributed by atoms with E-state index in [2.05, 4.69) is 0 Å². The molecule has 0 spiro atoms. The van der Waals surface area contributed by atoms with Crippen LogP contribution in [0.1, 0.15) is 31.3 Å². The Morgan fingerprint density at radius 3 is 2.75 bits per heavy atom. The second kappa shape index (κ2) is 6.65. The maximum Gasteiger partial charge on any atom is 0.307 e. The van der Waals surface area contributed by atoms with Crippen molar-refractivity contribution in [3.63, 3.8) is 0 Å². The van der Waals surface area contributed by atoms with E-state index in [1.807, 2.05) is 51.1 Å². The molecule has 5 nitrogen and oxygen atoms in total. The molecule has 6 heteroatoms. The number of carbonyl (C=O) groups excluding carboxylic acids is 1. The molecule has 0 saturated heterocycles. The van der Waals surface area contributed by atoms with E-state index in [0.717, 1.165) is 33.8 Å². The van der Waals surface area contributed by atoms with E-state index in [1.165, 1.54) is 4.57 Å². The zero-order valence-electron chi connectivity index (χ0n) is 14.0. The van der Waals surface area contributed by atoms with Crippen LogP contribution in [0.15, 0.2) is 44.9 Å². The van der Waals surface area contributed by atoms with Gasteiger partial charge in [-0.05, 0) is 32.9 Å². The fourth-order valence-corrected chi connectivity index (χ4v) is 3.58. The quantitative estimate of drug-likeness (QED) is 0.711. The molecular weight excluding hydrogens is 324 g/mol. The lowest BCUT2D eigenvalue weighted by molar-refractivity contribution is -0.134. The van der Waals surface area contributed by atoms with Crippen LogP contribution >= 0.6 is 11.3 Å². The van der Waals surface area contributed by atoms with E-state index in [4.69, 9.17) is 4.42 Å². The third-order valence-electron chi connectivity index (χ3n) is 4.25. The zero-order chi connectivity index (χ0) is 17.3. The number of aryl methyl sites for hydroxylation is 1. The largest absolute Gasteiger partial charge is 0.459 e. The Kier molecular flexibility index (Phi) is 4.57. The number of carbonyl (C=O) groups is 1. The summed E-state index contributed by atoms with van der Waals surface area (Å²) in [6.45, 7) is 6.33. The molecule has 0 aliphatic carbocycles. The second-order valence-electron chi connectivity index (χ2n) is 5.77. The van der Waals surface area contributed by atoms with Crippen molar-refractivity contribution in [1.29, 1.82) is 0 Å². The van der Waals surface area contributed by atoms with Crippen molar-refractivity contribution in [3.8, 4) is 0 Å². The van der Waals surface area contributed by atoms with Gasteiger partial charge in [0.05, 0.1) is 6.04 Å². The van der Waals surface area contributed by atoms with Crippen LogP contribution in [0.3, 0.4) is 0 Å². The number of furan rings is 1. The Morgan fingerprint density at radius 2 is 2.12 bits per heavy atom. The SMILES string of the molecule is CCN(C(=O)Cn1c(C)csc1=O)C(C)c1cc2ccccc2o1. The monoisotopic (exact) mass is 344 g/mol.